The maximum atomic E-state index is 4.08. The molecule has 4 unspecified atom stereocenters. The number of fused-ring (bicyclic) bond motifs is 1. The van der Waals surface area contributed by atoms with Crippen molar-refractivity contribution in [3.8, 4) is 0 Å². The van der Waals surface area contributed by atoms with Crippen LogP contribution in [-0.2, 0) is 0 Å². The minimum atomic E-state index is 0.657. The summed E-state index contributed by atoms with van der Waals surface area (Å²) in [5, 5.41) is 0. The Hall–Kier alpha value is -0.260. The monoisotopic (exact) mass is 176 g/mol. The number of hydrogen-bond donors (Lipinski definition) is 0. The summed E-state index contributed by atoms with van der Waals surface area (Å²) in [5.74, 6) is 2.03. The highest BCUT2D eigenvalue weighted by atomic mass is 15.1. The van der Waals surface area contributed by atoms with E-state index in [-0.39, 0.29) is 0 Å². The lowest BCUT2D eigenvalue weighted by Crippen LogP contribution is -2.19. The first-order chi connectivity index (χ1) is 5.95. The third kappa shape index (κ3) is 0.469. The predicted octanol–water partition coefficient (Wildman–Crippen LogP) is 3.63. The molecule has 3 saturated carbocycles. The molecule has 0 radical (unpaired) electrons. The van der Waals surface area contributed by atoms with E-state index in [4.69, 9.17) is 0 Å². The van der Waals surface area contributed by atoms with Crippen LogP contribution in [0.15, 0.2) is 12.2 Å². The third-order valence-electron chi connectivity index (χ3n) is 5.57. The van der Waals surface area contributed by atoms with Gasteiger partial charge in [-0.25, -0.2) is 0 Å². The van der Waals surface area contributed by atoms with Gasteiger partial charge in [-0.05, 0) is 47.8 Å². The summed E-state index contributed by atoms with van der Waals surface area (Å²) in [4.78, 5) is 0. The number of hydrogen-bond acceptors (Lipinski definition) is 0. The molecule has 0 saturated heterocycles. The molecule has 0 aromatic heterocycles. The van der Waals surface area contributed by atoms with Crippen LogP contribution >= 0.6 is 0 Å². The largest absolute Gasteiger partial charge is 0.100 e. The fourth-order valence-electron chi connectivity index (χ4n) is 5.45. The van der Waals surface area contributed by atoms with Crippen LogP contribution < -0.4 is 0 Å². The second-order valence-electron chi connectivity index (χ2n) is 6.22. The van der Waals surface area contributed by atoms with Crippen molar-refractivity contribution in [3.63, 3.8) is 0 Å². The zero-order valence-corrected chi connectivity index (χ0v) is 9.28. The molecular weight excluding hydrogens is 156 g/mol. The molecule has 0 amide bonds. The van der Waals surface area contributed by atoms with Crippen molar-refractivity contribution >= 4 is 0 Å². The summed E-state index contributed by atoms with van der Waals surface area (Å²) in [6, 6.07) is 0. The lowest BCUT2D eigenvalue weighted by atomic mass is 9.78. The van der Waals surface area contributed by atoms with E-state index in [1.54, 1.807) is 0 Å². The predicted molar refractivity (Wildman–Crippen MR) is 55.3 cm³/mol. The summed E-state index contributed by atoms with van der Waals surface area (Å²) < 4.78 is 0. The number of rotatable bonds is 3. The maximum absolute atomic E-state index is 4.08. The smallest absolute Gasteiger partial charge is 0.0113 e. The van der Waals surface area contributed by atoms with Crippen LogP contribution in [0.25, 0.3) is 0 Å². The summed E-state index contributed by atoms with van der Waals surface area (Å²) in [6.45, 7) is 13.6. The highest BCUT2D eigenvalue weighted by Crippen LogP contribution is 3.16. The van der Waals surface area contributed by atoms with Crippen molar-refractivity contribution in [2.75, 3.05) is 0 Å². The van der Waals surface area contributed by atoms with Gasteiger partial charge in [-0.2, -0.15) is 0 Å². The van der Waals surface area contributed by atoms with Crippen LogP contribution in [0.5, 0.6) is 0 Å². The molecule has 3 aliphatic carbocycles. The molecule has 0 nitrogen and oxygen atoms in total. The van der Waals surface area contributed by atoms with Gasteiger partial charge in [0.15, 0.2) is 0 Å². The molecule has 0 heterocycles. The van der Waals surface area contributed by atoms with Crippen LogP contribution in [0.1, 0.15) is 40.5 Å². The summed E-state index contributed by atoms with van der Waals surface area (Å²) in [6.07, 6.45) is 2.82. The lowest BCUT2D eigenvalue weighted by molar-refractivity contribution is 0.245. The van der Waals surface area contributed by atoms with Crippen molar-refractivity contribution in [2.45, 2.75) is 40.5 Å². The SMILES string of the molecule is C=C(C)CC1(C)C23CC2C13C(C)C. The second-order valence-corrected chi connectivity index (χ2v) is 6.22. The van der Waals surface area contributed by atoms with Gasteiger partial charge < -0.3 is 0 Å². The molecule has 72 valence electrons. The van der Waals surface area contributed by atoms with Crippen LogP contribution in [0.4, 0.5) is 0 Å². The molecule has 0 aromatic carbocycles. The standard InChI is InChI=1S/C13H20/c1-8(2)6-11(5)12-7-10(12)13(11,12)9(3)4/h9-10H,1,6-7H2,2-5H3. The Morgan fingerprint density at radius 1 is 1.54 bits per heavy atom. The van der Waals surface area contributed by atoms with E-state index in [9.17, 15) is 0 Å². The average molecular weight is 176 g/mol. The van der Waals surface area contributed by atoms with Gasteiger partial charge in [0.2, 0.25) is 0 Å². The van der Waals surface area contributed by atoms with E-state index in [0.29, 0.717) is 5.41 Å². The lowest BCUT2D eigenvalue weighted by Gasteiger charge is -2.26. The maximum Gasteiger partial charge on any atom is -0.0113 e. The molecule has 0 aromatic rings. The normalized spacial score (nSPS) is 59.9. The van der Waals surface area contributed by atoms with Gasteiger partial charge in [0.05, 0.1) is 0 Å². The first-order valence-electron chi connectivity index (χ1n) is 5.59. The third-order valence-corrected chi connectivity index (χ3v) is 5.57. The Kier molecular flexibility index (Phi) is 1.02. The van der Waals surface area contributed by atoms with Gasteiger partial charge in [-0.3, -0.25) is 0 Å². The zero-order valence-electron chi connectivity index (χ0n) is 9.28. The fourth-order valence-corrected chi connectivity index (χ4v) is 5.45. The molecular formula is C13H20. The first kappa shape index (κ1) is 8.08. The van der Waals surface area contributed by atoms with E-state index in [1.165, 1.54) is 18.4 Å². The molecule has 3 rings (SSSR count). The summed E-state index contributed by atoms with van der Waals surface area (Å²) in [5.41, 5.74) is 3.64. The van der Waals surface area contributed by atoms with Gasteiger partial charge in [0, 0.05) is 0 Å². The highest BCUT2D eigenvalue weighted by molar-refractivity contribution is 5.59. The van der Waals surface area contributed by atoms with Gasteiger partial charge in [-0.1, -0.05) is 26.3 Å². The van der Waals surface area contributed by atoms with E-state index >= 15 is 0 Å². The molecule has 4 atom stereocenters. The van der Waals surface area contributed by atoms with Crippen LogP contribution in [0.2, 0.25) is 0 Å². The Morgan fingerprint density at radius 2 is 2.15 bits per heavy atom. The zero-order chi connectivity index (χ0) is 9.65. The van der Waals surface area contributed by atoms with Crippen molar-refractivity contribution in [3.05, 3.63) is 12.2 Å². The Balaban J connectivity index is 1.87. The van der Waals surface area contributed by atoms with E-state index in [2.05, 4.69) is 34.3 Å². The Bertz CT molecular complexity index is 314. The average Bonchev–Trinajstić information content (AvgIpc) is 2.69. The van der Waals surface area contributed by atoms with Crippen LogP contribution in [-0.4, -0.2) is 0 Å². The fraction of sp³-hybridized carbons (Fsp3) is 0.846. The molecule has 0 aliphatic heterocycles. The van der Waals surface area contributed by atoms with Crippen molar-refractivity contribution < 1.29 is 0 Å². The van der Waals surface area contributed by atoms with Crippen molar-refractivity contribution in [2.24, 2.45) is 28.1 Å². The van der Waals surface area contributed by atoms with Gasteiger partial charge in [0.1, 0.15) is 0 Å². The molecule has 13 heavy (non-hydrogen) atoms. The Morgan fingerprint density at radius 3 is 2.38 bits per heavy atom. The minimum absolute atomic E-state index is 0.657. The molecule has 0 bridgehead atoms. The van der Waals surface area contributed by atoms with Crippen molar-refractivity contribution in [1.29, 1.82) is 0 Å². The molecule has 0 N–H and O–H groups in total. The van der Waals surface area contributed by atoms with E-state index in [1.807, 2.05) is 0 Å². The quantitative estimate of drug-likeness (QED) is 0.576. The van der Waals surface area contributed by atoms with Crippen LogP contribution in [0.3, 0.4) is 0 Å². The van der Waals surface area contributed by atoms with E-state index in [0.717, 1.165) is 22.7 Å². The van der Waals surface area contributed by atoms with E-state index < -0.39 is 0 Å². The molecule has 1 spiro atoms. The van der Waals surface area contributed by atoms with Gasteiger partial charge in [0.25, 0.3) is 0 Å². The topological polar surface area (TPSA) is 0 Å². The van der Waals surface area contributed by atoms with Gasteiger partial charge >= 0.3 is 0 Å². The van der Waals surface area contributed by atoms with Crippen LogP contribution in [0, 0.1) is 28.1 Å². The first-order valence-corrected chi connectivity index (χ1v) is 5.59. The second kappa shape index (κ2) is 1.64. The minimum Gasteiger partial charge on any atom is -0.100 e. The molecule has 0 heteroatoms. The number of allylic oxidation sites excluding steroid dienone is 1. The molecule has 3 aliphatic rings. The van der Waals surface area contributed by atoms with Gasteiger partial charge in [-0.15, -0.1) is 6.58 Å². The summed E-state index contributed by atoms with van der Waals surface area (Å²) >= 11 is 0. The summed E-state index contributed by atoms with van der Waals surface area (Å²) in [7, 11) is 0. The highest BCUT2D eigenvalue weighted by Gasteiger charge is 3.12. The van der Waals surface area contributed by atoms with Crippen molar-refractivity contribution in [1.82, 2.24) is 0 Å². The Labute approximate surface area is 81.4 Å². The molecule has 3 fully saturated rings.